The molecule has 1 heterocycles. The Hall–Kier alpha value is -1.74. The molecule has 0 aliphatic rings. The van der Waals surface area contributed by atoms with Gasteiger partial charge in [0.05, 0.1) is 5.69 Å². The van der Waals surface area contributed by atoms with E-state index in [1.807, 2.05) is 6.07 Å². The molecule has 2 aromatic rings. The highest BCUT2D eigenvalue weighted by Crippen LogP contribution is 2.16. The first kappa shape index (κ1) is 9.80. The lowest BCUT2D eigenvalue weighted by Crippen LogP contribution is -2.02. The maximum absolute atomic E-state index is 5.49. The summed E-state index contributed by atoms with van der Waals surface area (Å²) >= 11 is 0. The number of hydrogen-bond acceptors (Lipinski definition) is 3. The zero-order valence-corrected chi connectivity index (χ0v) is 8.43. The van der Waals surface area contributed by atoms with E-state index in [4.69, 9.17) is 5.73 Å². The quantitative estimate of drug-likeness (QED) is 0.817. The molecular formula is C12H13N3. The van der Waals surface area contributed by atoms with Crippen molar-refractivity contribution in [1.29, 1.82) is 0 Å². The van der Waals surface area contributed by atoms with Crippen molar-refractivity contribution >= 4 is 0 Å². The fourth-order valence-electron chi connectivity index (χ4n) is 1.47. The molecule has 76 valence electrons. The van der Waals surface area contributed by atoms with Gasteiger partial charge in [-0.25, -0.2) is 9.97 Å². The van der Waals surface area contributed by atoms with E-state index in [2.05, 4.69) is 34.2 Å². The second-order valence-electron chi connectivity index (χ2n) is 3.33. The van der Waals surface area contributed by atoms with Crippen LogP contribution in [0.5, 0.6) is 0 Å². The second kappa shape index (κ2) is 4.66. The Balaban J connectivity index is 2.24. The van der Waals surface area contributed by atoms with Gasteiger partial charge in [-0.1, -0.05) is 24.3 Å². The molecule has 1 aromatic heterocycles. The summed E-state index contributed by atoms with van der Waals surface area (Å²) in [5.41, 5.74) is 8.81. The normalized spacial score (nSPS) is 10.2. The van der Waals surface area contributed by atoms with Crippen molar-refractivity contribution in [2.45, 2.75) is 6.42 Å². The zero-order chi connectivity index (χ0) is 10.5. The minimum Gasteiger partial charge on any atom is -0.330 e. The molecule has 0 saturated carbocycles. The fourth-order valence-corrected chi connectivity index (χ4v) is 1.47. The monoisotopic (exact) mass is 199 g/mol. The SMILES string of the molecule is NCCc1ccc(-c2ccncn2)cc1. The van der Waals surface area contributed by atoms with Gasteiger partial charge in [0.25, 0.3) is 0 Å². The van der Waals surface area contributed by atoms with E-state index in [0.29, 0.717) is 6.54 Å². The number of nitrogens with zero attached hydrogens (tertiary/aromatic N) is 2. The van der Waals surface area contributed by atoms with Crippen molar-refractivity contribution in [1.82, 2.24) is 9.97 Å². The maximum atomic E-state index is 5.49. The summed E-state index contributed by atoms with van der Waals surface area (Å²) in [4.78, 5) is 8.08. The van der Waals surface area contributed by atoms with Crippen molar-refractivity contribution in [3.63, 3.8) is 0 Å². The Bertz CT molecular complexity index is 409. The first-order chi connectivity index (χ1) is 7.40. The van der Waals surface area contributed by atoms with Crippen LogP contribution in [-0.2, 0) is 6.42 Å². The molecule has 3 nitrogen and oxygen atoms in total. The first-order valence-corrected chi connectivity index (χ1v) is 4.95. The number of rotatable bonds is 3. The van der Waals surface area contributed by atoms with Gasteiger partial charge in [0.2, 0.25) is 0 Å². The molecule has 0 radical (unpaired) electrons. The lowest BCUT2D eigenvalue weighted by atomic mass is 10.1. The number of benzene rings is 1. The smallest absolute Gasteiger partial charge is 0.116 e. The molecule has 1 aromatic carbocycles. The Kier molecular flexibility index (Phi) is 3.05. The molecule has 0 spiro atoms. The van der Waals surface area contributed by atoms with Crippen LogP contribution in [0.1, 0.15) is 5.56 Å². The van der Waals surface area contributed by atoms with Gasteiger partial charge in [-0.15, -0.1) is 0 Å². The van der Waals surface area contributed by atoms with Crippen LogP contribution in [0.15, 0.2) is 42.9 Å². The van der Waals surface area contributed by atoms with Crippen LogP contribution in [0.25, 0.3) is 11.3 Å². The molecule has 3 heteroatoms. The summed E-state index contributed by atoms with van der Waals surface area (Å²) in [5, 5.41) is 0. The van der Waals surface area contributed by atoms with E-state index in [1.165, 1.54) is 5.56 Å². The highest BCUT2D eigenvalue weighted by Gasteiger charge is 1.97. The van der Waals surface area contributed by atoms with Crippen LogP contribution >= 0.6 is 0 Å². The Labute approximate surface area is 89.0 Å². The highest BCUT2D eigenvalue weighted by molar-refractivity contribution is 5.58. The first-order valence-electron chi connectivity index (χ1n) is 4.95. The lowest BCUT2D eigenvalue weighted by molar-refractivity contribution is 0.969. The van der Waals surface area contributed by atoms with E-state index in [1.54, 1.807) is 12.5 Å². The summed E-state index contributed by atoms with van der Waals surface area (Å²) in [6, 6.07) is 10.2. The molecule has 0 atom stereocenters. The van der Waals surface area contributed by atoms with Crippen LogP contribution in [-0.4, -0.2) is 16.5 Å². The maximum Gasteiger partial charge on any atom is 0.116 e. The third-order valence-corrected chi connectivity index (χ3v) is 2.26. The van der Waals surface area contributed by atoms with Gasteiger partial charge in [0.15, 0.2) is 0 Å². The third kappa shape index (κ3) is 2.39. The molecule has 0 aliphatic heterocycles. The summed E-state index contributed by atoms with van der Waals surface area (Å²) in [6.07, 6.45) is 4.23. The fraction of sp³-hybridized carbons (Fsp3) is 0.167. The summed E-state index contributed by atoms with van der Waals surface area (Å²) in [7, 11) is 0. The molecule has 2 rings (SSSR count). The molecule has 0 fully saturated rings. The third-order valence-electron chi connectivity index (χ3n) is 2.26. The summed E-state index contributed by atoms with van der Waals surface area (Å²) in [5.74, 6) is 0. The summed E-state index contributed by atoms with van der Waals surface area (Å²) in [6.45, 7) is 0.687. The molecule has 0 unspecified atom stereocenters. The minimum atomic E-state index is 0.687. The Morgan fingerprint density at radius 2 is 1.87 bits per heavy atom. The molecule has 2 N–H and O–H groups in total. The van der Waals surface area contributed by atoms with E-state index < -0.39 is 0 Å². The molecule has 0 bridgehead atoms. The van der Waals surface area contributed by atoms with Gasteiger partial charge in [0.1, 0.15) is 6.33 Å². The van der Waals surface area contributed by atoms with E-state index in [0.717, 1.165) is 17.7 Å². The predicted octanol–water partition coefficient (Wildman–Crippen LogP) is 1.64. The van der Waals surface area contributed by atoms with Crippen LogP contribution in [0, 0.1) is 0 Å². The van der Waals surface area contributed by atoms with E-state index in [-0.39, 0.29) is 0 Å². The van der Waals surface area contributed by atoms with Crippen LogP contribution < -0.4 is 5.73 Å². The number of aromatic nitrogens is 2. The van der Waals surface area contributed by atoms with Gasteiger partial charge in [-0.3, -0.25) is 0 Å². The lowest BCUT2D eigenvalue weighted by Gasteiger charge is -2.02. The average Bonchev–Trinajstić information content (AvgIpc) is 2.32. The summed E-state index contributed by atoms with van der Waals surface area (Å²) < 4.78 is 0. The number of hydrogen-bond donors (Lipinski definition) is 1. The van der Waals surface area contributed by atoms with Gasteiger partial charge in [-0.2, -0.15) is 0 Å². The van der Waals surface area contributed by atoms with Gasteiger partial charge in [-0.05, 0) is 24.6 Å². The molecule has 0 amide bonds. The van der Waals surface area contributed by atoms with Gasteiger partial charge >= 0.3 is 0 Å². The molecular weight excluding hydrogens is 186 g/mol. The highest BCUT2D eigenvalue weighted by atomic mass is 14.8. The van der Waals surface area contributed by atoms with Gasteiger partial charge in [0, 0.05) is 11.8 Å². The second-order valence-corrected chi connectivity index (χ2v) is 3.33. The van der Waals surface area contributed by atoms with Crippen LogP contribution in [0.2, 0.25) is 0 Å². The Morgan fingerprint density at radius 1 is 1.07 bits per heavy atom. The predicted molar refractivity (Wildman–Crippen MR) is 60.2 cm³/mol. The van der Waals surface area contributed by atoms with E-state index in [9.17, 15) is 0 Å². The standard InChI is InChI=1S/C12H13N3/c13-7-5-10-1-3-11(4-2-10)12-6-8-14-9-15-12/h1-4,6,8-9H,5,7,13H2. The van der Waals surface area contributed by atoms with Crippen LogP contribution in [0.3, 0.4) is 0 Å². The van der Waals surface area contributed by atoms with Crippen molar-refractivity contribution in [2.24, 2.45) is 5.73 Å². The molecule has 0 saturated heterocycles. The number of nitrogens with two attached hydrogens (primary N) is 1. The average molecular weight is 199 g/mol. The molecule has 15 heavy (non-hydrogen) atoms. The van der Waals surface area contributed by atoms with E-state index >= 15 is 0 Å². The Morgan fingerprint density at radius 3 is 2.47 bits per heavy atom. The van der Waals surface area contributed by atoms with Crippen molar-refractivity contribution < 1.29 is 0 Å². The van der Waals surface area contributed by atoms with Crippen LogP contribution in [0.4, 0.5) is 0 Å². The largest absolute Gasteiger partial charge is 0.330 e. The van der Waals surface area contributed by atoms with Crippen molar-refractivity contribution in [2.75, 3.05) is 6.54 Å². The topological polar surface area (TPSA) is 51.8 Å². The van der Waals surface area contributed by atoms with Crippen molar-refractivity contribution in [3.8, 4) is 11.3 Å². The molecule has 0 aliphatic carbocycles. The minimum absolute atomic E-state index is 0.687. The van der Waals surface area contributed by atoms with Crippen molar-refractivity contribution in [3.05, 3.63) is 48.4 Å². The zero-order valence-electron chi connectivity index (χ0n) is 8.43. The van der Waals surface area contributed by atoms with Gasteiger partial charge < -0.3 is 5.73 Å².